The summed E-state index contributed by atoms with van der Waals surface area (Å²) in [5.41, 5.74) is 2.16. The maximum absolute atomic E-state index is 12.1. The smallest absolute Gasteiger partial charge is 0.337 e. The number of halogens is 2. The van der Waals surface area contributed by atoms with Gasteiger partial charge in [0.05, 0.1) is 22.2 Å². The van der Waals surface area contributed by atoms with Crippen LogP contribution in [0.4, 0.5) is 0 Å². The number of aryl methyl sites for hydroxylation is 1. The highest BCUT2D eigenvalue weighted by molar-refractivity contribution is 9.10. The molecule has 1 heterocycles. The summed E-state index contributed by atoms with van der Waals surface area (Å²) in [6.07, 6.45) is 0.662. The van der Waals surface area contributed by atoms with Crippen LogP contribution in [-0.2, 0) is 17.7 Å². The summed E-state index contributed by atoms with van der Waals surface area (Å²) in [5.74, 6) is -0.364. The van der Waals surface area contributed by atoms with E-state index in [9.17, 15) is 9.59 Å². The first-order valence-electron chi connectivity index (χ1n) is 6.66. The number of benzene rings is 1. The molecule has 0 saturated heterocycles. The van der Waals surface area contributed by atoms with Crippen LogP contribution in [0.2, 0.25) is 5.02 Å². The molecule has 116 valence electrons. The third-order valence-electron chi connectivity index (χ3n) is 3.45. The van der Waals surface area contributed by atoms with Crippen LogP contribution in [0.15, 0.2) is 39.6 Å². The Labute approximate surface area is 141 Å². The summed E-state index contributed by atoms with van der Waals surface area (Å²) in [5, 5.41) is 0.549. The molecule has 0 fully saturated rings. The van der Waals surface area contributed by atoms with Gasteiger partial charge in [0.15, 0.2) is 0 Å². The van der Waals surface area contributed by atoms with E-state index in [4.69, 9.17) is 11.6 Å². The Morgan fingerprint density at radius 3 is 2.55 bits per heavy atom. The molecule has 0 unspecified atom stereocenters. The highest BCUT2D eigenvalue weighted by Crippen LogP contribution is 2.18. The first-order valence-corrected chi connectivity index (χ1v) is 7.84. The third-order valence-corrected chi connectivity index (χ3v) is 4.40. The van der Waals surface area contributed by atoms with Gasteiger partial charge in [-0.3, -0.25) is 4.79 Å². The minimum absolute atomic E-state index is 0.104. The second-order valence-electron chi connectivity index (χ2n) is 4.82. The van der Waals surface area contributed by atoms with Crippen molar-refractivity contribution in [2.75, 3.05) is 7.11 Å². The number of hydrogen-bond donors (Lipinski definition) is 0. The molecule has 0 N–H and O–H groups in total. The van der Waals surface area contributed by atoms with E-state index < -0.39 is 0 Å². The van der Waals surface area contributed by atoms with Gasteiger partial charge in [-0.25, -0.2) is 4.79 Å². The standard InChI is InChI=1S/C16H15BrClNO3/c1-10-14(18)9-13(17)15(20)19(10)8-7-11-3-5-12(6-4-11)16(21)22-2/h3-6,9H,7-8H2,1-2H3. The summed E-state index contributed by atoms with van der Waals surface area (Å²) in [4.78, 5) is 23.5. The zero-order valence-corrected chi connectivity index (χ0v) is 14.6. The van der Waals surface area contributed by atoms with Crippen LogP contribution in [0.25, 0.3) is 0 Å². The van der Waals surface area contributed by atoms with Crippen LogP contribution in [-0.4, -0.2) is 17.6 Å². The van der Waals surface area contributed by atoms with Crippen molar-refractivity contribution in [2.45, 2.75) is 19.9 Å². The predicted molar refractivity (Wildman–Crippen MR) is 89.6 cm³/mol. The molecule has 0 aliphatic heterocycles. The van der Waals surface area contributed by atoms with Gasteiger partial charge in [0.1, 0.15) is 0 Å². The Kier molecular flexibility index (Phi) is 5.42. The molecule has 2 rings (SSSR count). The van der Waals surface area contributed by atoms with E-state index in [0.29, 0.717) is 28.0 Å². The second kappa shape index (κ2) is 7.11. The zero-order chi connectivity index (χ0) is 16.3. The number of esters is 1. The fourth-order valence-electron chi connectivity index (χ4n) is 2.12. The molecule has 22 heavy (non-hydrogen) atoms. The minimum atomic E-state index is -0.364. The summed E-state index contributed by atoms with van der Waals surface area (Å²) >= 11 is 9.32. The Morgan fingerprint density at radius 2 is 1.95 bits per heavy atom. The fourth-order valence-corrected chi connectivity index (χ4v) is 2.91. The summed E-state index contributed by atoms with van der Waals surface area (Å²) in [7, 11) is 1.35. The Morgan fingerprint density at radius 1 is 1.32 bits per heavy atom. The van der Waals surface area contributed by atoms with Crippen molar-refractivity contribution in [2.24, 2.45) is 0 Å². The molecule has 0 atom stereocenters. The highest BCUT2D eigenvalue weighted by atomic mass is 79.9. The van der Waals surface area contributed by atoms with Crippen molar-refractivity contribution >= 4 is 33.5 Å². The molecular weight excluding hydrogens is 370 g/mol. The monoisotopic (exact) mass is 383 g/mol. The normalized spacial score (nSPS) is 10.5. The molecule has 0 aliphatic rings. The molecule has 0 bridgehead atoms. The Hall–Kier alpha value is -1.59. The van der Waals surface area contributed by atoms with Gasteiger partial charge in [-0.1, -0.05) is 23.7 Å². The lowest BCUT2D eigenvalue weighted by Gasteiger charge is -2.12. The van der Waals surface area contributed by atoms with Gasteiger partial charge in [-0.05, 0) is 53.0 Å². The molecule has 6 heteroatoms. The topological polar surface area (TPSA) is 48.3 Å². The lowest BCUT2D eigenvalue weighted by Crippen LogP contribution is -2.24. The number of carbonyl (C=O) groups is 1. The highest BCUT2D eigenvalue weighted by Gasteiger charge is 2.09. The van der Waals surface area contributed by atoms with E-state index >= 15 is 0 Å². The van der Waals surface area contributed by atoms with Gasteiger partial charge in [-0.15, -0.1) is 0 Å². The molecule has 0 amide bonds. The SMILES string of the molecule is COC(=O)c1ccc(CCn2c(C)c(Cl)cc(Br)c2=O)cc1. The van der Waals surface area contributed by atoms with Crippen molar-refractivity contribution in [1.29, 1.82) is 0 Å². The van der Waals surface area contributed by atoms with Gasteiger partial charge < -0.3 is 9.30 Å². The van der Waals surface area contributed by atoms with Crippen molar-refractivity contribution < 1.29 is 9.53 Å². The fraction of sp³-hybridized carbons (Fsp3) is 0.250. The first-order chi connectivity index (χ1) is 10.4. The van der Waals surface area contributed by atoms with Crippen LogP contribution in [0, 0.1) is 6.92 Å². The van der Waals surface area contributed by atoms with Crippen molar-refractivity contribution in [1.82, 2.24) is 4.57 Å². The van der Waals surface area contributed by atoms with Crippen molar-refractivity contribution in [3.05, 3.63) is 67.0 Å². The molecule has 0 saturated carbocycles. The van der Waals surface area contributed by atoms with E-state index in [0.717, 1.165) is 11.3 Å². The molecule has 1 aromatic heterocycles. The van der Waals surface area contributed by atoms with Gasteiger partial charge in [0, 0.05) is 12.2 Å². The quantitative estimate of drug-likeness (QED) is 0.757. The number of pyridine rings is 1. The number of methoxy groups -OCH3 is 1. The molecule has 2 aromatic rings. The van der Waals surface area contributed by atoms with Gasteiger partial charge in [0.25, 0.3) is 5.56 Å². The Bertz CT molecular complexity index is 753. The van der Waals surface area contributed by atoms with E-state index in [1.54, 1.807) is 22.8 Å². The van der Waals surface area contributed by atoms with E-state index in [2.05, 4.69) is 20.7 Å². The average molecular weight is 385 g/mol. The lowest BCUT2D eigenvalue weighted by molar-refractivity contribution is 0.0600. The number of carbonyl (C=O) groups excluding carboxylic acids is 1. The van der Waals surface area contributed by atoms with E-state index in [1.165, 1.54) is 7.11 Å². The average Bonchev–Trinajstić information content (AvgIpc) is 2.53. The predicted octanol–water partition coefficient (Wildman–Crippen LogP) is 3.60. The molecule has 0 aliphatic carbocycles. The number of aromatic nitrogens is 1. The lowest BCUT2D eigenvalue weighted by atomic mass is 10.1. The summed E-state index contributed by atoms with van der Waals surface area (Å²) in [6, 6.07) is 8.74. The first kappa shape index (κ1) is 16.8. The minimum Gasteiger partial charge on any atom is -0.465 e. The summed E-state index contributed by atoms with van der Waals surface area (Å²) in [6.45, 7) is 2.33. The van der Waals surface area contributed by atoms with E-state index in [-0.39, 0.29) is 11.5 Å². The molecule has 4 nitrogen and oxygen atoms in total. The Balaban J connectivity index is 2.17. The maximum Gasteiger partial charge on any atom is 0.337 e. The van der Waals surface area contributed by atoms with Gasteiger partial charge in [0.2, 0.25) is 0 Å². The van der Waals surface area contributed by atoms with E-state index in [1.807, 2.05) is 19.1 Å². The van der Waals surface area contributed by atoms with Crippen LogP contribution in [0.5, 0.6) is 0 Å². The van der Waals surface area contributed by atoms with Crippen molar-refractivity contribution in [3.63, 3.8) is 0 Å². The maximum atomic E-state index is 12.1. The largest absolute Gasteiger partial charge is 0.465 e. The molecule has 0 spiro atoms. The van der Waals surface area contributed by atoms with Gasteiger partial charge in [-0.2, -0.15) is 0 Å². The third kappa shape index (κ3) is 3.59. The molecular formula is C16H15BrClNO3. The number of hydrogen-bond acceptors (Lipinski definition) is 3. The number of rotatable bonds is 4. The van der Waals surface area contributed by atoms with Gasteiger partial charge >= 0.3 is 5.97 Å². The van der Waals surface area contributed by atoms with Crippen LogP contribution >= 0.6 is 27.5 Å². The van der Waals surface area contributed by atoms with Crippen LogP contribution in [0.1, 0.15) is 21.6 Å². The zero-order valence-electron chi connectivity index (χ0n) is 12.2. The van der Waals surface area contributed by atoms with Crippen LogP contribution in [0.3, 0.4) is 0 Å². The molecule has 1 aromatic carbocycles. The summed E-state index contributed by atoms with van der Waals surface area (Å²) < 4.78 is 6.75. The van der Waals surface area contributed by atoms with Crippen LogP contribution < -0.4 is 5.56 Å². The molecule has 0 radical (unpaired) electrons. The number of nitrogens with zero attached hydrogens (tertiary/aromatic N) is 1. The number of ether oxygens (including phenoxy) is 1. The second-order valence-corrected chi connectivity index (χ2v) is 6.08. The van der Waals surface area contributed by atoms with Crippen molar-refractivity contribution in [3.8, 4) is 0 Å².